The van der Waals surface area contributed by atoms with E-state index < -0.39 is 15.8 Å². The normalized spacial score (nSPS) is 10.9. The summed E-state index contributed by atoms with van der Waals surface area (Å²) in [5.74, 6) is -0.123. The first-order valence-electron chi connectivity index (χ1n) is 5.32. The van der Waals surface area contributed by atoms with Crippen molar-refractivity contribution in [3.63, 3.8) is 0 Å². The number of aromatic nitrogens is 2. The van der Waals surface area contributed by atoms with Crippen LogP contribution >= 0.6 is 23.2 Å². The van der Waals surface area contributed by atoms with Crippen molar-refractivity contribution in [3.8, 4) is 0 Å². The Balaban J connectivity index is 2.38. The topological polar surface area (TPSA) is 54.9 Å². The van der Waals surface area contributed by atoms with Gasteiger partial charge in [0.1, 0.15) is 0 Å². The van der Waals surface area contributed by atoms with Crippen molar-refractivity contribution in [1.82, 2.24) is 15.3 Å². The van der Waals surface area contributed by atoms with Gasteiger partial charge in [0, 0.05) is 0 Å². The SMILES string of the molecule is CNC(=O)c1ccccc1[As]c1nc(Cl)ncc1Cl. The Labute approximate surface area is 127 Å². The Morgan fingerprint density at radius 1 is 1.32 bits per heavy atom. The minimum atomic E-state index is -0.534. The van der Waals surface area contributed by atoms with Crippen LogP contribution in [0, 0.1) is 0 Å². The molecule has 0 atom stereocenters. The molecule has 0 spiro atoms. The molecule has 4 nitrogen and oxygen atoms in total. The van der Waals surface area contributed by atoms with Crippen LogP contribution in [0.1, 0.15) is 10.4 Å². The summed E-state index contributed by atoms with van der Waals surface area (Å²) in [5.41, 5.74) is 0.635. The summed E-state index contributed by atoms with van der Waals surface area (Å²) < 4.78 is 1.61. The number of nitrogens with zero attached hydrogens (tertiary/aromatic N) is 2. The fourth-order valence-corrected chi connectivity index (χ4v) is 4.09. The van der Waals surface area contributed by atoms with Gasteiger partial charge in [0.2, 0.25) is 0 Å². The van der Waals surface area contributed by atoms with E-state index in [9.17, 15) is 4.79 Å². The molecule has 19 heavy (non-hydrogen) atoms. The maximum atomic E-state index is 11.8. The molecule has 1 aromatic heterocycles. The molecule has 0 unspecified atom stereocenters. The van der Waals surface area contributed by atoms with Gasteiger partial charge >= 0.3 is 127 Å². The number of amides is 1. The fraction of sp³-hybridized carbons (Fsp3) is 0.0833. The standard InChI is InChI=1S/C12H9AsCl2N3O/c1-16-11(19)7-4-2-3-5-8(7)13-10-9(14)6-17-12(15)18-10/h2-6H,1H3,(H,16,19). The first kappa shape index (κ1) is 14.3. The van der Waals surface area contributed by atoms with Crippen LogP contribution in [-0.4, -0.2) is 38.7 Å². The molecule has 0 aliphatic rings. The summed E-state index contributed by atoms with van der Waals surface area (Å²) in [6.45, 7) is 0. The van der Waals surface area contributed by atoms with Gasteiger partial charge in [-0.1, -0.05) is 0 Å². The van der Waals surface area contributed by atoms with E-state index in [4.69, 9.17) is 23.2 Å². The number of rotatable bonds is 3. The zero-order chi connectivity index (χ0) is 13.8. The molecule has 0 saturated carbocycles. The second-order valence-electron chi connectivity index (χ2n) is 3.52. The molecule has 0 fully saturated rings. The van der Waals surface area contributed by atoms with Crippen molar-refractivity contribution in [1.29, 1.82) is 0 Å². The number of benzene rings is 1. The van der Waals surface area contributed by atoms with Crippen molar-refractivity contribution in [2.45, 2.75) is 0 Å². The number of carbonyl (C=O) groups excluding carboxylic acids is 1. The van der Waals surface area contributed by atoms with E-state index in [1.807, 2.05) is 18.2 Å². The molecule has 1 radical (unpaired) electrons. The van der Waals surface area contributed by atoms with Gasteiger partial charge in [-0.25, -0.2) is 0 Å². The molecule has 2 rings (SSSR count). The third-order valence-electron chi connectivity index (χ3n) is 2.30. The van der Waals surface area contributed by atoms with Crippen molar-refractivity contribution < 1.29 is 4.79 Å². The average Bonchev–Trinajstić information content (AvgIpc) is 2.42. The van der Waals surface area contributed by atoms with Crippen LogP contribution in [0.3, 0.4) is 0 Å². The Morgan fingerprint density at radius 2 is 2.05 bits per heavy atom. The number of nitrogens with one attached hydrogen (secondary N) is 1. The van der Waals surface area contributed by atoms with Crippen LogP contribution in [0.2, 0.25) is 10.3 Å². The molecule has 1 heterocycles. The first-order chi connectivity index (χ1) is 9.11. The molecule has 1 aromatic carbocycles. The van der Waals surface area contributed by atoms with Gasteiger partial charge in [-0.2, -0.15) is 0 Å². The van der Waals surface area contributed by atoms with Crippen LogP contribution < -0.4 is 14.1 Å². The molecule has 7 heteroatoms. The molecule has 0 aliphatic carbocycles. The van der Waals surface area contributed by atoms with Crippen LogP contribution in [0.15, 0.2) is 30.5 Å². The van der Waals surface area contributed by atoms with Crippen LogP contribution in [0.25, 0.3) is 0 Å². The third kappa shape index (κ3) is 3.47. The number of hydrogen-bond acceptors (Lipinski definition) is 3. The van der Waals surface area contributed by atoms with E-state index in [1.165, 1.54) is 6.20 Å². The van der Waals surface area contributed by atoms with Crippen molar-refractivity contribution >= 4 is 53.7 Å². The Kier molecular flexibility index (Phi) is 4.80. The fourth-order valence-electron chi connectivity index (χ4n) is 1.43. The number of hydrogen-bond donors (Lipinski definition) is 1. The van der Waals surface area contributed by atoms with E-state index in [2.05, 4.69) is 15.3 Å². The molecule has 0 bridgehead atoms. The molecule has 1 N–H and O–H groups in total. The minimum absolute atomic E-state index is 0.123. The van der Waals surface area contributed by atoms with E-state index in [0.717, 1.165) is 4.35 Å². The van der Waals surface area contributed by atoms with Crippen molar-refractivity contribution in [2.24, 2.45) is 0 Å². The monoisotopic (exact) mass is 356 g/mol. The molecular formula is C12H9AsCl2N3O. The van der Waals surface area contributed by atoms with E-state index in [1.54, 1.807) is 13.1 Å². The average molecular weight is 357 g/mol. The predicted molar refractivity (Wildman–Crippen MR) is 76.9 cm³/mol. The summed E-state index contributed by atoms with van der Waals surface area (Å²) in [6, 6.07) is 7.38. The molecule has 0 saturated heterocycles. The van der Waals surface area contributed by atoms with Gasteiger partial charge in [0.05, 0.1) is 0 Å². The van der Waals surface area contributed by atoms with E-state index in [-0.39, 0.29) is 11.2 Å². The van der Waals surface area contributed by atoms with Gasteiger partial charge in [0.15, 0.2) is 0 Å². The van der Waals surface area contributed by atoms with Crippen LogP contribution in [-0.2, 0) is 0 Å². The van der Waals surface area contributed by atoms with Gasteiger partial charge < -0.3 is 0 Å². The third-order valence-corrected chi connectivity index (χ3v) is 5.53. The predicted octanol–water partition coefficient (Wildman–Crippen LogP) is 0.798. The molecule has 2 aromatic rings. The van der Waals surface area contributed by atoms with Gasteiger partial charge in [-0.15, -0.1) is 0 Å². The van der Waals surface area contributed by atoms with Crippen molar-refractivity contribution in [2.75, 3.05) is 7.05 Å². The van der Waals surface area contributed by atoms with Crippen molar-refractivity contribution in [3.05, 3.63) is 46.3 Å². The molecule has 97 valence electrons. The second-order valence-corrected chi connectivity index (χ2v) is 6.63. The summed E-state index contributed by atoms with van der Waals surface area (Å²) in [6.07, 6.45) is 1.48. The van der Waals surface area contributed by atoms with Gasteiger partial charge in [-0.05, 0) is 0 Å². The second kappa shape index (κ2) is 6.37. The van der Waals surface area contributed by atoms with E-state index in [0.29, 0.717) is 15.1 Å². The van der Waals surface area contributed by atoms with Gasteiger partial charge in [0.25, 0.3) is 0 Å². The van der Waals surface area contributed by atoms with Crippen LogP contribution in [0.4, 0.5) is 0 Å². The van der Waals surface area contributed by atoms with Gasteiger partial charge in [-0.3, -0.25) is 0 Å². The summed E-state index contributed by atoms with van der Waals surface area (Å²) in [4.78, 5) is 19.7. The molecule has 0 aliphatic heterocycles. The maximum absolute atomic E-state index is 11.8. The molecule has 1 amide bonds. The first-order valence-corrected chi connectivity index (χ1v) is 7.96. The Hall–Kier alpha value is -1.09. The molecular weight excluding hydrogens is 348 g/mol. The zero-order valence-electron chi connectivity index (χ0n) is 9.89. The quantitative estimate of drug-likeness (QED) is 0.653. The summed E-state index contributed by atoms with van der Waals surface area (Å²) in [7, 11) is 1.60. The number of carbonyl (C=O) groups is 1. The van der Waals surface area contributed by atoms with Crippen LogP contribution in [0.5, 0.6) is 0 Å². The summed E-state index contributed by atoms with van der Waals surface area (Å²) >= 11 is 11.3. The number of halogens is 2. The van der Waals surface area contributed by atoms with E-state index >= 15 is 0 Å². The Morgan fingerprint density at radius 3 is 2.79 bits per heavy atom. The summed E-state index contributed by atoms with van der Waals surface area (Å²) in [5, 5.41) is 3.25. The zero-order valence-corrected chi connectivity index (χ0v) is 13.3. The Bertz CT molecular complexity index is 622.